The van der Waals surface area contributed by atoms with E-state index in [0.717, 1.165) is 0 Å². The van der Waals surface area contributed by atoms with E-state index in [1.807, 2.05) is 0 Å². The van der Waals surface area contributed by atoms with Gasteiger partial charge in [-0.05, 0) is 11.4 Å². The van der Waals surface area contributed by atoms with Crippen LogP contribution in [0.3, 0.4) is 0 Å². The smallest absolute Gasteiger partial charge is 0.252 e. The van der Waals surface area contributed by atoms with Gasteiger partial charge >= 0.3 is 0 Å². The first kappa shape index (κ1) is 14.1. The zero-order valence-electron chi connectivity index (χ0n) is 9.09. The highest BCUT2D eigenvalue weighted by molar-refractivity contribution is 9.09. The molecule has 0 spiro atoms. The molecule has 1 rings (SSSR count). The Morgan fingerprint density at radius 3 is 2.81 bits per heavy atom. The summed E-state index contributed by atoms with van der Waals surface area (Å²) in [5.74, 6) is 0. The van der Waals surface area contributed by atoms with Crippen molar-refractivity contribution in [3.63, 3.8) is 0 Å². The van der Waals surface area contributed by atoms with Crippen molar-refractivity contribution in [2.75, 3.05) is 27.3 Å². The van der Waals surface area contributed by atoms with Gasteiger partial charge in [0, 0.05) is 20.7 Å². The molecule has 0 radical (unpaired) electrons. The zero-order chi connectivity index (χ0) is 12.2. The van der Waals surface area contributed by atoms with Crippen molar-refractivity contribution in [2.45, 2.75) is 9.04 Å². The Balaban J connectivity index is 2.70. The normalized spacial score (nSPS) is 14.2. The molecule has 4 nitrogen and oxygen atoms in total. The van der Waals surface area contributed by atoms with Crippen molar-refractivity contribution >= 4 is 37.3 Å². The van der Waals surface area contributed by atoms with Crippen molar-refractivity contribution in [1.82, 2.24) is 4.31 Å². The van der Waals surface area contributed by atoms with Gasteiger partial charge in [0.05, 0.1) is 11.4 Å². The Hall–Kier alpha value is 0.0500. The third-order valence-electron chi connectivity index (χ3n) is 1.96. The summed E-state index contributed by atoms with van der Waals surface area (Å²) < 4.78 is 30.7. The lowest BCUT2D eigenvalue weighted by Gasteiger charge is -2.18. The number of sulfonamides is 1. The minimum atomic E-state index is -3.34. The van der Waals surface area contributed by atoms with Crippen molar-refractivity contribution < 1.29 is 13.2 Å². The van der Waals surface area contributed by atoms with Crippen LogP contribution in [0.25, 0.3) is 0 Å². The van der Waals surface area contributed by atoms with Crippen LogP contribution in [0.2, 0.25) is 0 Å². The van der Waals surface area contributed by atoms with Gasteiger partial charge in [0.2, 0.25) is 0 Å². The van der Waals surface area contributed by atoms with Gasteiger partial charge in [-0.2, -0.15) is 4.31 Å². The number of alkyl halides is 1. The largest absolute Gasteiger partial charge is 0.383 e. The fourth-order valence-corrected chi connectivity index (χ4v) is 4.48. The van der Waals surface area contributed by atoms with Crippen molar-refractivity contribution in [1.29, 1.82) is 0 Å². The van der Waals surface area contributed by atoms with Crippen LogP contribution in [0, 0.1) is 0 Å². The van der Waals surface area contributed by atoms with Gasteiger partial charge in [0.15, 0.2) is 0 Å². The minimum absolute atomic E-state index is 0.00256. The number of methoxy groups -OCH3 is 1. The summed E-state index contributed by atoms with van der Waals surface area (Å²) in [5, 5.41) is 1.75. The van der Waals surface area contributed by atoms with Crippen LogP contribution in [0.1, 0.15) is 0 Å². The topological polar surface area (TPSA) is 46.6 Å². The Kier molecular flexibility index (Phi) is 5.39. The number of thiophene rings is 1. The Morgan fingerprint density at radius 2 is 2.31 bits per heavy atom. The van der Waals surface area contributed by atoms with E-state index in [9.17, 15) is 8.42 Å². The van der Waals surface area contributed by atoms with Crippen molar-refractivity contribution in [3.05, 3.63) is 17.5 Å². The average Bonchev–Trinajstić information content (AvgIpc) is 2.70. The molecule has 0 aliphatic carbocycles. The van der Waals surface area contributed by atoms with Gasteiger partial charge < -0.3 is 4.74 Å². The molecule has 1 atom stereocenters. The predicted octanol–water partition coefficient (Wildman–Crippen LogP) is 1.78. The molecular weight excluding hydrogens is 314 g/mol. The van der Waals surface area contributed by atoms with Gasteiger partial charge in [0.25, 0.3) is 10.0 Å². The van der Waals surface area contributed by atoms with E-state index in [1.165, 1.54) is 15.6 Å². The summed E-state index contributed by atoms with van der Waals surface area (Å²) in [5.41, 5.74) is 0. The highest BCUT2D eigenvalue weighted by atomic mass is 79.9. The molecule has 0 saturated carbocycles. The van der Waals surface area contributed by atoms with E-state index in [1.54, 1.807) is 31.7 Å². The van der Waals surface area contributed by atoms with Crippen LogP contribution in [-0.2, 0) is 14.8 Å². The van der Waals surface area contributed by atoms with Crippen LogP contribution in [0.15, 0.2) is 21.7 Å². The SMILES string of the molecule is COCC(Br)CN(C)S(=O)(=O)c1cccs1. The third kappa shape index (κ3) is 3.53. The maximum atomic E-state index is 12.0. The average molecular weight is 328 g/mol. The Labute approximate surface area is 108 Å². The molecule has 0 aliphatic heterocycles. The van der Waals surface area contributed by atoms with Crippen molar-refractivity contribution in [3.8, 4) is 0 Å². The summed E-state index contributed by atoms with van der Waals surface area (Å²) in [6.45, 7) is 0.859. The third-order valence-corrected chi connectivity index (χ3v) is 5.71. The lowest BCUT2D eigenvalue weighted by atomic mass is 10.4. The standard InChI is InChI=1S/C9H14BrNO3S2/c1-11(6-8(10)7-14-2)16(12,13)9-4-3-5-15-9/h3-5,8H,6-7H2,1-2H3. The zero-order valence-corrected chi connectivity index (χ0v) is 12.3. The van der Waals surface area contributed by atoms with Crippen molar-refractivity contribution in [2.24, 2.45) is 0 Å². The molecular formula is C9H14BrNO3S2. The molecule has 92 valence electrons. The first-order valence-corrected chi connectivity index (χ1v) is 7.85. The number of rotatable bonds is 6. The molecule has 1 unspecified atom stereocenters. The van der Waals surface area contributed by atoms with Gasteiger partial charge in [0.1, 0.15) is 4.21 Å². The first-order chi connectivity index (χ1) is 7.48. The van der Waals surface area contributed by atoms with E-state index in [-0.39, 0.29) is 4.83 Å². The minimum Gasteiger partial charge on any atom is -0.383 e. The molecule has 0 amide bonds. The number of nitrogens with zero attached hydrogens (tertiary/aromatic N) is 1. The summed E-state index contributed by atoms with van der Waals surface area (Å²) in [6, 6.07) is 3.34. The Morgan fingerprint density at radius 1 is 1.62 bits per heavy atom. The van der Waals surface area contributed by atoms with Crippen LogP contribution in [0.4, 0.5) is 0 Å². The summed E-state index contributed by atoms with van der Waals surface area (Å²) in [6.07, 6.45) is 0. The Bertz CT molecular complexity index is 404. The molecule has 0 aliphatic rings. The van der Waals surface area contributed by atoms with Gasteiger partial charge in [-0.3, -0.25) is 0 Å². The molecule has 1 heterocycles. The van der Waals surface area contributed by atoms with Gasteiger partial charge in [-0.15, -0.1) is 11.3 Å². The highest BCUT2D eigenvalue weighted by Gasteiger charge is 2.23. The van der Waals surface area contributed by atoms with E-state index >= 15 is 0 Å². The summed E-state index contributed by atoms with van der Waals surface area (Å²) >= 11 is 4.59. The van der Waals surface area contributed by atoms with E-state index in [2.05, 4.69) is 15.9 Å². The predicted molar refractivity (Wildman–Crippen MR) is 68.7 cm³/mol. The van der Waals surface area contributed by atoms with Crippen LogP contribution < -0.4 is 0 Å². The maximum absolute atomic E-state index is 12.0. The summed E-state index contributed by atoms with van der Waals surface area (Å²) in [4.78, 5) is -0.00256. The number of hydrogen-bond acceptors (Lipinski definition) is 4. The molecule has 16 heavy (non-hydrogen) atoms. The number of hydrogen-bond donors (Lipinski definition) is 0. The van der Waals surface area contributed by atoms with Crippen LogP contribution >= 0.6 is 27.3 Å². The molecule has 1 aromatic rings. The second-order valence-electron chi connectivity index (χ2n) is 3.27. The van der Waals surface area contributed by atoms with E-state index in [0.29, 0.717) is 17.4 Å². The van der Waals surface area contributed by atoms with Gasteiger partial charge in [-0.1, -0.05) is 22.0 Å². The quantitative estimate of drug-likeness (QED) is 0.748. The fraction of sp³-hybridized carbons (Fsp3) is 0.556. The second-order valence-corrected chi connectivity index (χ2v) is 7.78. The molecule has 1 aromatic heterocycles. The fourth-order valence-electron chi connectivity index (χ4n) is 1.17. The van der Waals surface area contributed by atoms with E-state index < -0.39 is 10.0 Å². The molecule has 0 bridgehead atoms. The molecule has 0 N–H and O–H groups in total. The molecule has 7 heteroatoms. The highest BCUT2D eigenvalue weighted by Crippen LogP contribution is 2.20. The lowest BCUT2D eigenvalue weighted by Crippen LogP contribution is -2.33. The molecule has 0 fully saturated rings. The van der Waals surface area contributed by atoms with Crippen LogP contribution in [-0.4, -0.2) is 44.9 Å². The number of halogens is 1. The second kappa shape index (κ2) is 6.11. The monoisotopic (exact) mass is 327 g/mol. The van der Waals surface area contributed by atoms with Gasteiger partial charge in [-0.25, -0.2) is 8.42 Å². The maximum Gasteiger partial charge on any atom is 0.252 e. The number of ether oxygens (including phenoxy) is 1. The summed E-state index contributed by atoms with van der Waals surface area (Å²) in [7, 11) is -0.189. The molecule has 0 aromatic carbocycles. The first-order valence-electron chi connectivity index (χ1n) is 4.61. The molecule has 0 saturated heterocycles. The van der Waals surface area contributed by atoms with E-state index in [4.69, 9.17) is 4.74 Å². The van der Waals surface area contributed by atoms with Crippen LogP contribution in [0.5, 0.6) is 0 Å². The lowest BCUT2D eigenvalue weighted by molar-refractivity contribution is 0.195.